The maximum absolute atomic E-state index is 12.3. The van der Waals surface area contributed by atoms with Gasteiger partial charge in [0, 0.05) is 23.8 Å². The van der Waals surface area contributed by atoms with Crippen LogP contribution in [0, 0.1) is 6.92 Å². The standard InChI is InChI=1S/C13H17ClN2O2/c1-9-7-10(14)3-4-11(9)16-5-6-18-12(8-15-2)13(16)17/h3-4,7,12,15H,5-6,8H2,1-2H3. The molecule has 18 heavy (non-hydrogen) atoms. The second-order valence-corrected chi connectivity index (χ2v) is 4.77. The Kier molecular flexibility index (Phi) is 4.22. The van der Waals surface area contributed by atoms with Crippen LogP contribution in [0.3, 0.4) is 0 Å². The molecule has 0 aliphatic carbocycles. The summed E-state index contributed by atoms with van der Waals surface area (Å²) in [6, 6.07) is 5.56. The molecule has 0 spiro atoms. The van der Waals surface area contributed by atoms with Crippen molar-refractivity contribution in [2.75, 3.05) is 31.6 Å². The molecule has 1 atom stereocenters. The van der Waals surface area contributed by atoms with Gasteiger partial charge in [0.05, 0.1) is 6.61 Å². The molecule has 4 nitrogen and oxygen atoms in total. The van der Waals surface area contributed by atoms with Crippen molar-refractivity contribution in [2.24, 2.45) is 0 Å². The maximum atomic E-state index is 12.3. The first-order valence-corrected chi connectivity index (χ1v) is 6.35. The number of likely N-dealkylation sites (N-methyl/N-ethyl adjacent to an activating group) is 1. The summed E-state index contributed by atoms with van der Waals surface area (Å²) < 4.78 is 5.47. The van der Waals surface area contributed by atoms with E-state index in [0.717, 1.165) is 11.3 Å². The first kappa shape index (κ1) is 13.3. The van der Waals surface area contributed by atoms with E-state index in [0.29, 0.717) is 24.7 Å². The van der Waals surface area contributed by atoms with E-state index in [1.165, 1.54) is 0 Å². The van der Waals surface area contributed by atoms with Crippen molar-refractivity contribution < 1.29 is 9.53 Å². The van der Waals surface area contributed by atoms with Crippen molar-refractivity contribution in [3.05, 3.63) is 28.8 Å². The topological polar surface area (TPSA) is 41.6 Å². The highest BCUT2D eigenvalue weighted by Gasteiger charge is 2.30. The van der Waals surface area contributed by atoms with E-state index in [4.69, 9.17) is 16.3 Å². The average molecular weight is 269 g/mol. The monoisotopic (exact) mass is 268 g/mol. The van der Waals surface area contributed by atoms with Crippen molar-refractivity contribution in [2.45, 2.75) is 13.0 Å². The molecular formula is C13H17ClN2O2. The first-order valence-electron chi connectivity index (χ1n) is 5.97. The molecule has 0 saturated carbocycles. The number of anilines is 1. The van der Waals surface area contributed by atoms with E-state index < -0.39 is 6.10 Å². The zero-order valence-corrected chi connectivity index (χ0v) is 11.3. The molecule has 1 saturated heterocycles. The maximum Gasteiger partial charge on any atom is 0.257 e. The van der Waals surface area contributed by atoms with E-state index >= 15 is 0 Å². The number of aryl methyl sites for hydroxylation is 1. The van der Waals surface area contributed by atoms with Crippen molar-refractivity contribution in [3.8, 4) is 0 Å². The quantitative estimate of drug-likeness (QED) is 0.905. The van der Waals surface area contributed by atoms with E-state index in [9.17, 15) is 4.79 Å². The minimum absolute atomic E-state index is 0.000947. The van der Waals surface area contributed by atoms with Crippen LogP contribution >= 0.6 is 11.6 Å². The molecule has 0 radical (unpaired) electrons. The Morgan fingerprint density at radius 2 is 2.33 bits per heavy atom. The van der Waals surface area contributed by atoms with Crippen LogP contribution in [0.4, 0.5) is 5.69 Å². The Balaban J connectivity index is 2.24. The number of carbonyl (C=O) groups excluding carboxylic acids is 1. The van der Waals surface area contributed by atoms with Gasteiger partial charge in [-0.2, -0.15) is 0 Å². The molecule has 1 aromatic rings. The third-order valence-electron chi connectivity index (χ3n) is 3.01. The number of hydrogen-bond donors (Lipinski definition) is 1. The second kappa shape index (κ2) is 5.69. The van der Waals surface area contributed by atoms with Gasteiger partial charge >= 0.3 is 0 Å². The zero-order valence-electron chi connectivity index (χ0n) is 10.6. The van der Waals surface area contributed by atoms with Crippen molar-refractivity contribution >= 4 is 23.2 Å². The van der Waals surface area contributed by atoms with Crippen LogP contribution in [0.2, 0.25) is 5.02 Å². The molecular weight excluding hydrogens is 252 g/mol. The first-order chi connectivity index (χ1) is 8.63. The number of nitrogens with zero attached hydrogens (tertiary/aromatic N) is 1. The fraction of sp³-hybridized carbons (Fsp3) is 0.462. The minimum atomic E-state index is -0.404. The number of hydrogen-bond acceptors (Lipinski definition) is 3. The largest absolute Gasteiger partial charge is 0.365 e. The molecule has 1 amide bonds. The third-order valence-corrected chi connectivity index (χ3v) is 3.25. The van der Waals surface area contributed by atoms with Crippen LogP contribution in [-0.2, 0) is 9.53 Å². The van der Waals surface area contributed by atoms with Gasteiger partial charge in [0.25, 0.3) is 5.91 Å². The van der Waals surface area contributed by atoms with Gasteiger partial charge in [0.1, 0.15) is 6.10 Å². The van der Waals surface area contributed by atoms with Gasteiger partial charge in [-0.3, -0.25) is 4.79 Å². The normalized spacial score (nSPS) is 20.3. The summed E-state index contributed by atoms with van der Waals surface area (Å²) in [5.41, 5.74) is 1.91. The molecule has 98 valence electrons. The molecule has 0 bridgehead atoms. The Morgan fingerprint density at radius 3 is 3.00 bits per heavy atom. The van der Waals surface area contributed by atoms with Gasteiger partial charge in [0.2, 0.25) is 0 Å². The summed E-state index contributed by atoms with van der Waals surface area (Å²) in [7, 11) is 1.81. The lowest BCUT2D eigenvalue weighted by Crippen LogP contribution is -2.51. The van der Waals surface area contributed by atoms with E-state index in [-0.39, 0.29) is 5.91 Å². The molecule has 1 fully saturated rings. The molecule has 1 aromatic carbocycles. The van der Waals surface area contributed by atoms with Crippen molar-refractivity contribution in [1.82, 2.24) is 5.32 Å². The Labute approximate surface area is 112 Å². The van der Waals surface area contributed by atoms with Crippen LogP contribution in [0.25, 0.3) is 0 Å². The van der Waals surface area contributed by atoms with Crippen LogP contribution in [-0.4, -0.2) is 38.8 Å². The lowest BCUT2D eigenvalue weighted by Gasteiger charge is -2.33. The van der Waals surface area contributed by atoms with E-state index in [1.807, 2.05) is 26.1 Å². The molecule has 2 rings (SSSR count). The van der Waals surface area contributed by atoms with Crippen molar-refractivity contribution in [1.29, 1.82) is 0 Å². The van der Waals surface area contributed by atoms with Crippen molar-refractivity contribution in [3.63, 3.8) is 0 Å². The Morgan fingerprint density at radius 1 is 1.56 bits per heavy atom. The summed E-state index contributed by atoms with van der Waals surface area (Å²) >= 11 is 5.93. The number of nitrogens with one attached hydrogen (secondary N) is 1. The van der Waals surface area contributed by atoms with Crippen LogP contribution in [0.1, 0.15) is 5.56 Å². The molecule has 1 aliphatic heterocycles. The van der Waals surface area contributed by atoms with Gasteiger partial charge in [-0.25, -0.2) is 0 Å². The van der Waals surface area contributed by atoms with E-state index in [1.54, 1.807) is 11.0 Å². The highest BCUT2D eigenvalue weighted by molar-refractivity contribution is 6.30. The highest BCUT2D eigenvalue weighted by atomic mass is 35.5. The smallest absolute Gasteiger partial charge is 0.257 e. The van der Waals surface area contributed by atoms with Gasteiger partial charge in [0.15, 0.2) is 0 Å². The Hall–Kier alpha value is -1.10. The second-order valence-electron chi connectivity index (χ2n) is 4.34. The minimum Gasteiger partial charge on any atom is -0.365 e. The molecule has 5 heteroatoms. The number of ether oxygens (including phenoxy) is 1. The van der Waals surface area contributed by atoms with Gasteiger partial charge in [-0.15, -0.1) is 0 Å². The molecule has 1 aliphatic rings. The SMILES string of the molecule is CNCC1OCCN(c2ccc(Cl)cc2C)C1=O. The molecule has 1 unspecified atom stereocenters. The summed E-state index contributed by atoms with van der Waals surface area (Å²) in [6.45, 7) is 3.63. The number of halogens is 1. The molecule has 1 heterocycles. The van der Waals surface area contributed by atoms with Crippen LogP contribution in [0.5, 0.6) is 0 Å². The molecule has 1 N–H and O–H groups in total. The fourth-order valence-corrected chi connectivity index (χ4v) is 2.36. The number of morpholine rings is 1. The predicted octanol–water partition coefficient (Wildman–Crippen LogP) is 1.60. The molecule has 0 aromatic heterocycles. The predicted molar refractivity (Wildman–Crippen MR) is 72.2 cm³/mol. The number of benzene rings is 1. The lowest BCUT2D eigenvalue weighted by molar-refractivity contribution is -0.133. The van der Waals surface area contributed by atoms with Gasteiger partial charge in [-0.1, -0.05) is 11.6 Å². The van der Waals surface area contributed by atoms with E-state index in [2.05, 4.69) is 5.32 Å². The summed E-state index contributed by atoms with van der Waals surface area (Å²) in [4.78, 5) is 14.1. The number of carbonyl (C=O) groups is 1. The average Bonchev–Trinajstić information content (AvgIpc) is 2.33. The van der Waals surface area contributed by atoms with Crippen LogP contribution in [0.15, 0.2) is 18.2 Å². The highest BCUT2D eigenvalue weighted by Crippen LogP contribution is 2.25. The Bertz CT molecular complexity index is 449. The number of amides is 1. The van der Waals surface area contributed by atoms with Gasteiger partial charge < -0.3 is 15.0 Å². The fourth-order valence-electron chi connectivity index (χ4n) is 2.13. The summed E-state index contributed by atoms with van der Waals surface area (Å²) in [6.07, 6.45) is -0.404. The lowest BCUT2D eigenvalue weighted by atomic mass is 10.1. The zero-order chi connectivity index (χ0) is 13.1. The van der Waals surface area contributed by atoms with Gasteiger partial charge in [-0.05, 0) is 37.7 Å². The third kappa shape index (κ3) is 2.66. The summed E-state index contributed by atoms with van der Waals surface area (Å²) in [5.74, 6) is 0.000947. The number of rotatable bonds is 3. The summed E-state index contributed by atoms with van der Waals surface area (Å²) in [5, 5.41) is 3.65. The van der Waals surface area contributed by atoms with Crippen LogP contribution < -0.4 is 10.2 Å².